The van der Waals surface area contributed by atoms with E-state index in [4.69, 9.17) is 9.15 Å². The molecule has 0 aliphatic carbocycles. The first-order valence-electron chi connectivity index (χ1n) is 12.0. The first-order valence-corrected chi connectivity index (χ1v) is 12.0. The Morgan fingerprint density at radius 3 is 2.18 bits per heavy atom. The maximum absolute atomic E-state index is 11.7. The minimum atomic E-state index is -0.346. The maximum atomic E-state index is 11.7. The number of aryl methyl sites for hydroxylation is 1. The summed E-state index contributed by atoms with van der Waals surface area (Å²) < 4.78 is 12.0. The van der Waals surface area contributed by atoms with Crippen LogP contribution in [0.4, 0.5) is 5.69 Å². The van der Waals surface area contributed by atoms with Crippen molar-refractivity contribution in [3.63, 3.8) is 0 Å². The van der Waals surface area contributed by atoms with Crippen molar-refractivity contribution in [2.45, 2.75) is 66.3 Å². The summed E-state index contributed by atoms with van der Waals surface area (Å²) in [6.45, 7) is 11.0. The summed E-state index contributed by atoms with van der Waals surface area (Å²) in [4.78, 5) is 25.4. The molecule has 3 aromatic rings. The number of Topliss-reactive ketones (excluding diaryl/α,β-unsaturated/α-hetero) is 1. The lowest BCUT2D eigenvalue weighted by atomic mass is 10.1. The van der Waals surface area contributed by atoms with Crippen LogP contribution in [0.1, 0.15) is 70.2 Å². The van der Waals surface area contributed by atoms with Crippen molar-refractivity contribution >= 4 is 22.6 Å². The van der Waals surface area contributed by atoms with Crippen molar-refractivity contribution < 1.29 is 13.9 Å². The molecule has 0 aliphatic rings. The highest BCUT2D eigenvalue weighted by atomic mass is 16.5. The Bertz CT molecular complexity index is 1040. The number of fused-ring (bicyclic) bond motifs is 1. The Balaban J connectivity index is 0.000000238. The molecule has 6 heteroatoms. The number of ether oxygens (including phenoxy) is 1. The van der Waals surface area contributed by atoms with Gasteiger partial charge >= 0.3 is 5.76 Å². The molecule has 180 valence electrons. The number of carbonyl (C=O) groups excluding carboxylic acids is 1. The van der Waals surface area contributed by atoms with Crippen LogP contribution in [0, 0.1) is 0 Å². The zero-order chi connectivity index (χ0) is 24.2. The van der Waals surface area contributed by atoms with E-state index >= 15 is 0 Å². The number of methoxy groups -OCH3 is 1. The molecule has 0 unspecified atom stereocenters. The number of anilines is 1. The van der Waals surface area contributed by atoms with Gasteiger partial charge in [0.2, 0.25) is 0 Å². The van der Waals surface area contributed by atoms with Crippen molar-refractivity contribution in [1.29, 1.82) is 0 Å². The predicted octanol–water partition coefficient (Wildman–Crippen LogP) is 6.31. The minimum absolute atomic E-state index is 0.0294. The van der Waals surface area contributed by atoms with E-state index in [1.807, 2.05) is 12.1 Å². The van der Waals surface area contributed by atoms with Crippen LogP contribution < -0.4 is 15.4 Å². The number of benzene rings is 2. The average Bonchev–Trinajstić information content (AvgIpc) is 3.14. The molecule has 3 rings (SSSR count). The Morgan fingerprint density at radius 2 is 1.64 bits per heavy atom. The zero-order valence-electron chi connectivity index (χ0n) is 20.7. The number of ketones is 1. The van der Waals surface area contributed by atoms with Crippen LogP contribution in [0.2, 0.25) is 0 Å². The smallest absolute Gasteiger partial charge is 0.419 e. The summed E-state index contributed by atoms with van der Waals surface area (Å²) in [6.07, 6.45) is 5.53. The maximum Gasteiger partial charge on any atom is 0.419 e. The lowest BCUT2D eigenvalue weighted by Gasteiger charge is -2.23. The van der Waals surface area contributed by atoms with Crippen LogP contribution in [-0.2, 0) is 6.54 Å². The van der Waals surface area contributed by atoms with Crippen molar-refractivity contribution in [3.8, 4) is 5.75 Å². The van der Waals surface area contributed by atoms with Gasteiger partial charge in [-0.2, -0.15) is 0 Å². The molecule has 2 aromatic carbocycles. The molecule has 0 bridgehead atoms. The van der Waals surface area contributed by atoms with Crippen LogP contribution in [0.5, 0.6) is 5.75 Å². The van der Waals surface area contributed by atoms with E-state index in [0.717, 1.165) is 43.6 Å². The fraction of sp³-hybridized carbons (Fsp3) is 0.481. The Labute approximate surface area is 197 Å². The number of rotatable bonds is 11. The van der Waals surface area contributed by atoms with Crippen molar-refractivity contribution in [3.05, 3.63) is 58.6 Å². The van der Waals surface area contributed by atoms with Gasteiger partial charge in [-0.1, -0.05) is 33.6 Å². The van der Waals surface area contributed by atoms with Gasteiger partial charge in [-0.25, -0.2) is 4.79 Å². The molecule has 1 aromatic heterocycles. The van der Waals surface area contributed by atoms with Crippen LogP contribution in [-0.4, -0.2) is 30.5 Å². The highest BCUT2D eigenvalue weighted by Crippen LogP contribution is 2.19. The normalized spacial score (nSPS) is 10.6. The summed E-state index contributed by atoms with van der Waals surface area (Å²) in [5.41, 5.74) is 3.11. The Morgan fingerprint density at radius 1 is 0.970 bits per heavy atom. The molecular formula is C27H38N2O4. The number of hydrogen-bond acceptors (Lipinski definition) is 5. The van der Waals surface area contributed by atoms with Gasteiger partial charge in [-0.15, -0.1) is 0 Å². The number of carbonyl (C=O) groups is 1. The van der Waals surface area contributed by atoms with E-state index < -0.39 is 0 Å². The van der Waals surface area contributed by atoms with Gasteiger partial charge in [0, 0.05) is 30.9 Å². The lowest BCUT2D eigenvalue weighted by molar-refractivity contribution is 0.101. The first-order chi connectivity index (χ1) is 15.9. The van der Waals surface area contributed by atoms with Crippen LogP contribution in [0.25, 0.3) is 11.1 Å². The van der Waals surface area contributed by atoms with Gasteiger partial charge in [0.1, 0.15) is 5.75 Å². The second kappa shape index (κ2) is 13.5. The fourth-order valence-corrected chi connectivity index (χ4v) is 3.72. The van der Waals surface area contributed by atoms with Gasteiger partial charge in [0.05, 0.1) is 12.6 Å². The first kappa shape index (κ1) is 26.2. The molecule has 0 radical (unpaired) electrons. The molecule has 0 spiro atoms. The van der Waals surface area contributed by atoms with Crippen molar-refractivity contribution in [2.75, 3.05) is 25.1 Å². The standard InChI is InChI=1S/C14H17NO3.C13H21NO/c1-3-4-5-8-15-12-7-6-11(10(2)16)9-13(12)18-14(15)17;1-4-10-14(11-5-2)12-6-8-13(15-3)9-7-12/h6-7,9H,3-5,8H2,1-2H3;6-9H,4-5,10-11H2,1-3H3. The lowest BCUT2D eigenvalue weighted by Crippen LogP contribution is -2.24. The third kappa shape index (κ3) is 7.52. The van der Waals surface area contributed by atoms with Crippen molar-refractivity contribution in [1.82, 2.24) is 4.57 Å². The van der Waals surface area contributed by atoms with Gasteiger partial charge in [-0.05, 0) is 68.7 Å². The summed E-state index contributed by atoms with van der Waals surface area (Å²) in [6, 6.07) is 13.4. The van der Waals surface area contributed by atoms with Crippen LogP contribution in [0.15, 0.2) is 51.7 Å². The number of nitrogens with zero attached hydrogens (tertiary/aromatic N) is 2. The molecule has 0 saturated carbocycles. The van der Waals surface area contributed by atoms with Gasteiger partial charge in [0.25, 0.3) is 0 Å². The van der Waals surface area contributed by atoms with E-state index in [1.54, 1.807) is 29.9 Å². The summed E-state index contributed by atoms with van der Waals surface area (Å²) in [7, 11) is 1.70. The third-order valence-electron chi connectivity index (χ3n) is 5.48. The van der Waals surface area contributed by atoms with Crippen LogP contribution >= 0.6 is 0 Å². The average molecular weight is 455 g/mol. The third-order valence-corrected chi connectivity index (χ3v) is 5.48. The highest BCUT2D eigenvalue weighted by Gasteiger charge is 2.10. The van der Waals surface area contributed by atoms with Crippen molar-refractivity contribution in [2.24, 2.45) is 0 Å². The summed E-state index contributed by atoms with van der Waals surface area (Å²) in [5, 5.41) is 0. The molecule has 0 N–H and O–H groups in total. The van der Waals surface area contributed by atoms with Crippen LogP contribution in [0.3, 0.4) is 0 Å². The molecular weight excluding hydrogens is 416 g/mol. The molecule has 0 saturated heterocycles. The monoisotopic (exact) mass is 454 g/mol. The topological polar surface area (TPSA) is 64.7 Å². The van der Waals surface area contributed by atoms with E-state index in [1.165, 1.54) is 25.5 Å². The zero-order valence-corrected chi connectivity index (χ0v) is 20.7. The van der Waals surface area contributed by atoms with Gasteiger partial charge < -0.3 is 14.1 Å². The van der Waals surface area contributed by atoms with E-state index in [9.17, 15) is 9.59 Å². The summed E-state index contributed by atoms with van der Waals surface area (Å²) >= 11 is 0. The second-order valence-corrected chi connectivity index (χ2v) is 8.15. The quantitative estimate of drug-likeness (QED) is 0.251. The molecule has 1 heterocycles. The van der Waals surface area contributed by atoms with Gasteiger partial charge in [0.15, 0.2) is 11.4 Å². The molecule has 0 fully saturated rings. The SMILES string of the molecule is CCCCCn1c(=O)oc2cc(C(C)=O)ccc21.CCCN(CCC)c1ccc(OC)cc1. The largest absolute Gasteiger partial charge is 0.497 e. The highest BCUT2D eigenvalue weighted by molar-refractivity contribution is 5.96. The fourth-order valence-electron chi connectivity index (χ4n) is 3.72. The number of hydrogen-bond donors (Lipinski definition) is 0. The van der Waals surface area contributed by atoms with E-state index in [0.29, 0.717) is 17.7 Å². The Hall–Kier alpha value is -3.02. The predicted molar refractivity (Wildman–Crippen MR) is 136 cm³/mol. The van der Waals surface area contributed by atoms with E-state index in [-0.39, 0.29) is 11.5 Å². The molecule has 6 nitrogen and oxygen atoms in total. The molecule has 0 aliphatic heterocycles. The van der Waals surface area contributed by atoms with E-state index in [2.05, 4.69) is 37.8 Å². The summed E-state index contributed by atoms with van der Waals surface area (Å²) in [5.74, 6) is 0.548. The molecule has 33 heavy (non-hydrogen) atoms. The number of unbranched alkanes of at least 4 members (excludes halogenated alkanes) is 2. The molecule has 0 amide bonds. The number of aromatic nitrogens is 1. The molecule has 0 atom stereocenters. The number of oxazole rings is 1. The minimum Gasteiger partial charge on any atom is -0.497 e. The Kier molecular flexibility index (Phi) is 10.7. The van der Waals surface area contributed by atoms with Gasteiger partial charge in [-0.3, -0.25) is 9.36 Å². The second-order valence-electron chi connectivity index (χ2n) is 8.15.